The van der Waals surface area contributed by atoms with Gasteiger partial charge in [-0.2, -0.15) is 0 Å². The van der Waals surface area contributed by atoms with Gasteiger partial charge >= 0.3 is 0 Å². The van der Waals surface area contributed by atoms with Gasteiger partial charge in [0.2, 0.25) is 0 Å². The van der Waals surface area contributed by atoms with E-state index in [4.69, 9.17) is 25.8 Å². The predicted molar refractivity (Wildman–Crippen MR) is 79.9 cm³/mol. The Morgan fingerprint density at radius 3 is 2.70 bits per heavy atom. The Balaban J connectivity index is 2.07. The van der Waals surface area contributed by atoms with Gasteiger partial charge in [-0.15, -0.1) is 0 Å². The van der Waals surface area contributed by atoms with Crippen molar-refractivity contribution < 1.29 is 14.2 Å². The molecule has 0 radical (unpaired) electrons. The Bertz CT molecular complexity index is 447. The monoisotopic (exact) mass is 299 g/mol. The van der Waals surface area contributed by atoms with Gasteiger partial charge < -0.3 is 19.5 Å². The van der Waals surface area contributed by atoms with Crippen molar-refractivity contribution in [1.82, 2.24) is 5.32 Å². The molecule has 0 saturated carbocycles. The van der Waals surface area contributed by atoms with Gasteiger partial charge in [-0.1, -0.05) is 11.6 Å². The first-order valence-electron chi connectivity index (χ1n) is 6.92. The summed E-state index contributed by atoms with van der Waals surface area (Å²) in [6.45, 7) is 3.81. The van der Waals surface area contributed by atoms with Gasteiger partial charge in [0.25, 0.3) is 0 Å². The van der Waals surface area contributed by atoms with Crippen molar-refractivity contribution in [3.05, 3.63) is 22.7 Å². The largest absolute Gasteiger partial charge is 0.496 e. The molecule has 1 fully saturated rings. The van der Waals surface area contributed by atoms with Gasteiger partial charge in [0, 0.05) is 30.8 Å². The summed E-state index contributed by atoms with van der Waals surface area (Å²) in [6, 6.07) is 3.85. The lowest BCUT2D eigenvalue weighted by molar-refractivity contribution is 0.108. The van der Waals surface area contributed by atoms with E-state index in [0.717, 1.165) is 37.3 Å². The van der Waals surface area contributed by atoms with Crippen LogP contribution in [0, 0.1) is 0 Å². The minimum atomic E-state index is 0.137. The molecule has 1 heterocycles. The van der Waals surface area contributed by atoms with Crippen molar-refractivity contribution >= 4 is 11.6 Å². The summed E-state index contributed by atoms with van der Waals surface area (Å²) in [4.78, 5) is 0. The maximum atomic E-state index is 6.20. The van der Waals surface area contributed by atoms with Gasteiger partial charge in [0.1, 0.15) is 11.5 Å². The highest BCUT2D eigenvalue weighted by Crippen LogP contribution is 2.35. The molecule has 2 rings (SSSR count). The molecule has 1 aromatic rings. The summed E-state index contributed by atoms with van der Waals surface area (Å²) >= 11 is 6.20. The number of nitrogens with one attached hydrogen (secondary N) is 1. The summed E-state index contributed by atoms with van der Waals surface area (Å²) in [5, 5.41) is 4.07. The molecule has 0 bridgehead atoms. The second-order valence-electron chi connectivity index (χ2n) is 4.99. The lowest BCUT2D eigenvalue weighted by Gasteiger charge is -2.20. The third kappa shape index (κ3) is 3.57. The zero-order valence-corrected chi connectivity index (χ0v) is 13.0. The maximum Gasteiger partial charge on any atom is 0.141 e. The Morgan fingerprint density at radius 2 is 2.10 bits per heavy atom. The standard InChI is InChI=1S/C15H22ClNO3/c1-10(17-9-11-5-4-6-20-11)12-7-13(16)15(19-3)8-14(12)18-2/h7-8,10-11,17H,4-6,9H2,1-3H3/t10-,11+/m0/s1. The number of halogens is 1. The molecule has 0 spiro atoms. The van der Waals surface area contributed by atoms with Crippen LogP contribution in [0.1, 0.15) is 31.4 Å². The highest BCUT2D eigenvalue weighted by atomic mass is 35.5. The van der Waals surface area contributed by atoms with Crippen LogP contribution in [0.25, 0.3) is 0 Å². The Morgan fingerprint density at radius 1 is 1.35 bits per heavy atom. The summed E-state index contributed by atoms with van der Waals surface area (Å²) in [6.07, 6.45) is 2.59. The highest BCUT2D eigenvalue weighted by Gasteiger charge is 2.19. The first-order chi connectivity index (χ1) is 9.65. The van der Waals surface area contributed by atoms with Crippen LogP contribution in [0.4, 0.5) is 0 Å². The quantitative estimate of drug-likeness (QED) is 0.876. The number of benzene rings is 1. The molecule has 0 unspecified atom stereocenters. The van der Waals surface area contributed by atoms with Crippen molar-refractivity contribution in [3.63, 3.8) is 0 Å². The van der Waals surface area contributed by atoms with E-state index in [-0.39, 0.29) is 6.04 Å². The number of rotatable bonds is 6. The van der Waals surface area contributed by atoms with Crippen LogP contribution in [0.2, 0.25) is 5.02 Å². The van der Waals surface area contributed by atoms with Crippen LogP contribution in [0.3, 0.4) is 0 Å². The van der Waals surface area contributed by atoms with E-state index in [9.17, 15) is 0 Å². The Labute approximate surface area is 125 Å². The molecule has 0 amide bonds. The molecule has 1 N–H and O–H groups in total. The first-order valence-corrected chi connectivity index (χ1v) is 7.30. The van der Waals surface area contributed by atoms with Gasteiger partial charge in [-0.05, 0) is 25.8 Å². The zero-order valence-electron chi connectivity index (χ0n) is 12.2. The summed E-state index contributed by atoms with van der Waals surface area (Å²) in [7, 11) is 3.25. The van der Waals surface area contributed by atoms with E-state index in [1.807, 2.05) is 12.1 Å². The Kier molecular flexibility index (Phi) is 5.52. The Hall–Kier alpha value is -0.970. The molecule has 1 saturated heterocycles. The lowest BCUT2D eigenvalue weighted by atomic mass is 10.1. The minimum absolute atomic E-state index is 0.137. The number of hydrogen-bond donors (Lipinski definition) is 1. The van der Waals surface area contributed by atoms with Crippen LogP contribution < -0.4 is 14.8 Å². The van der Waals surface area contributed by atoms with E-state index in [0.29, 0.717) is 16.9 Å². The number of ether oxygens (including phenoxy) is 3. The van der Waals surface area contributed by atoms with Gasteiger partial charge in [0.15, 0.2) is 0 Å². The van der Waals surface area contributed by atoms with E-state index in [2.05, 4.69) is 12.2 Å². The van der Waals surface area contributed by atoms with Gasteiger partial charge in [-0.25, -0.2) is 0 Å². The average Bonchev–Trinajstić information content (AvgIpc) is 2.97. The zero-order chi connectivity index (χ0) is 14.5. The van der Waals surface area contributed by atoms with E-state index in [1.165, 1.54) is 0 Å². The van der Waals surface area contributed by atoms with Crippen molar-refractivity contribution in [2.24, 2.45) is 0 Å². The van der Waals surface area contributed by atoms with Gasteiger partial charge in [-0.3, -0.25) is 0 Å². The molecular formula is C15H22ClNO3. The molecule has 1 aliphatic heterocycles. The molecule has 1 aromatic carbocycles. The van der Waals surface area contributed by atoms with Gasteiger partial charge in [0.05, 0.1) is 25.3 Å². The van der Waals surface area contributed by atoms with Crippen molar-refractivity contribution in [1.29, 1.82) is 0 Å². The molecule has 0 aromatic heterocycles. The average molecular weight is 300 g/mol. The molecule has 1 aliphatic rings. The molecule has 20 heavy (non-hydrogen) atoms. The fourth-order valence-electron chi connectivity index (χ4n) is 2.45. The third-order valence-corrected chi connectivity index (χ3v) is 3.94. The van der Waals surface area contributed by atoms with E-state index in [1.54, 1.807) is 14.2 Å². The van der Waals surface area contributed by atoms with Crippen LogP contribution in [-0.4, -0.2) is 33.5 Å². The molecule has 112 valence electrons. The minimum Gasteiger partial charge on any atom is -0.496 e. The highest BCUT2D eigenvalue weighted by molar-refractivity contribution is 6.32. The first kappa shape index (κ1) is 15.4. The summed E-state index contributed by atoms with van der Waals surface area (Å²) < 4.78 is 16.3. The fourth-order valence-corrected chi connectivity index (χ4v) is 2.69. The maximum absolute atomic E-state index is 6.20. The van der Waals surface area contributed by atoms with Crippen LogP contribution in [-0.2, 0) is 4.74 Å². The molecule has 0 aliphatic carbocycles. The molecule has 2 atom stereocenters. The van der Waals surface area contributed by atoms with Crippen LogP contribution in [0.15, 0.2) is 12.1 Å². The molecule has 5 heteroatoms. The molecular weight excluding hydrogens is 278 g/mol. The second-order valence-corrected chi connectivity index (χ2v) is 5.40. The van der Waals surface area contributed by atoms with E-state index >= 15 is 0 Å². The normalized spacial score (nSPS) is 19.9. The smallest absolute Gasteiger partial charge is 0.141 e. The fraction of sp³-hybridized carbons (Fsp3) is 0.600. The van der Waals surface area contributed by atoms with Crippen molar-refractivity contribution in [2.75, 3.05) is 27.4 Å². The summed E-state index contributed by atoms with van der Waals surface area (Å²) in [5.41, 5.74) is 1.02. The van der Waals surface area contributed by atoms with Crippen LogP contribution >= 0.6 is 11.6 Å². The summed E-state index contributed by atoms with van der Waals surface area (Å²) in [5.74, 6) is 1.40. The lowest BCUT2D eigenvalue weighted by Crippen LogP contribution is -2.28. The van der Waals surface area contributed by atoms with E-state index < -0.39 is 0 Å². The third-order valence-electron chi connectivity index (χ3n) is 3.65. The SMILES string of the molecule is COc1cc(OC)c([C@H](C)NC[C@H]2CCCO2)cc1Cl. The number of hydrogen-bond acceptors (Lipinski definition) is 4. The second kappa shape index (κ2) is 7.16. The van der Waals surface area contributed by atoms with Crippen LogP contribution in [0.5, 0.6) is 11.5 Å². The topological polar surface area (TPSA) is 39.7 Å². The number of methoxy groups -OCH3 is 2. The molecule has 4 nitrogen and oxygen atoms in total. The predicted octanol–water partition coefficient (Wildman–Crippen LogP) is 3.19. The van der Waals surface area contributed by atoms with Crippen molar-refractivity contribution in [2.45, 2.75) is 31.9 Å². The van der Waals surface area contributed by atoms with Crippen molar-refractivity contribution in [3.8, 4) is 11.5 Å².